The van der Waals surface area contributed by atoms with E-state index in [-0.39, 0.29) is 11.8 Å². The summed E-state index contributed by atoms with van der Waals surface area (Å²) in [6.45, 7) is 2.61. The zero-order valence-corrected chi connectivity index (χ0v) is 14.9. The van der Waals surface area contributed by atoms with Crippen molar-refractivity contribution in [2.75, 3.05) is 11.4 Å². The molecule has 2 amide bonds. The number of nitrogens with zero attached hydrogens (tertiary/aromatic N) is 2. The van der Waals surface area contributed by atoms with Crippen molar-refractivity contribution in [3.63, 3.8) is 0 Å². The first-order chi connectivity index (χ1) is 12.6. The van der Waals surface area contributed by atoms with Crippen LogP contribution in [0.15, 0.2) is 59.7 Å². The number of rotatable bonds is 6. The molecular formula is C21H23N3O2. The summed E-state index contributed by atoms with van der Waals surface area (Å²) in [5.41, 5.74) is 5.99. The van der Waals surface area contributed by atoms with Crippen molar-refractivity contribution < 1.29 is 9.59 Å². The molecule has 0 atom stereocenters. The maximum atomic E-state index is 12.4. The molecule has 0 radical (unpaired) electrons. The van der Waals surface area contributed by atoms with Gasteiger partial charge in [-0.25, -0.2) is 5.43 Å². The first-order valence-electron chi connectivity index (χ1n) is 8.91. The van der Waals surface area contributed by atoms with Gasteiger partial charge in [0, 0.05) is 29.9 Å². The summed E-state index contributed by atoms with van der Waals surface area (Å²) in [4.78, 5) is 25.9. The Balaban J connectivity index is 1.58. The fourth-order valence-corrected chi connectivity index (χ4v) is 2.97. The quantitative estimate of drug-likeness (QED) is 0.640. The second-order valence-corrected chi connectivity index (χ2v) is 6.47. The highest BCUT2D eigenvalue weighted by Crippen LogP contribution is 2.22. The molecule has 2 aromatic rings. The fourth-order valence-electron chi connectivity index (χ4n) is 2.97. The summed E-state index contributed by atoms with van der Waals surface area (Å²) in [6.07, 6.45) is 3.10. The average molecular weight is 349 g/mol. The second kappa shape index (κ2) is 8.43. The third-order valence-corrected chi connectivity index (χ3v) is 4.46. The minimum absolute atomic E-state index is 0.109. The zero-order valence-electron chi connectivity index (χ0n) is 14.9. The maximum Gasteiger partial charge on any atom is 0.271 e. The van der Waals surface area contributed by atoms with Gasteiger partial charge in [-0.2, -0.15) is 5.10 Å². The molecule has 0 aromatic heterocycles. The normalized spacial score (nSPS) is 14.6. The van der Waals surface area contributed by atoms with Gasteiger partial charge in [0.2, 0.25) is 5.91 Å². The number of nitrogens with one attached hydrogen (secondary N) is 1. The Morgan fingerprint density at radius 2 is 1.96 bits per heavy atom. The molecule has 0 saturated carbocycles. The van der Waals surface area contributed by atoms with Crippen LogP contribution in [0.5, 0.6) is 0 Å². The summed E-state index contributed by atoms with van der Waals surface area (Å²) < 4.78 is 0. The Morgan fingerprint density at radius 3 is 2.69 bits per heavy atom. The van der Waals surface area contributed by atoms with Gasteiger partial charge in [0.1, 0.15) is 0 Å². The third-order valence-electron chi connectivity index (χ3n) is 4.46. The standard InChI is InChI=1S/C21H23N3O2/c1-16(12-13-17-7-3-2-4-8-17)22-23-21(26)18-9-5-10-19(15-18)24-14-6-11-20(24)25/h2-5,7-10,15H,6,11-14H2,1H3,(H,23,26). The van der Waals surface area contributed by atoms with Gasteiger partial charge >= 0.3 is 0 Å². The van der Waals surface area contributed by atoms with Crippen molar-refractivity contribution >= 4 is 23.2 Å². The lowest BCUT2D eigenvalue weighted by atomic mass is 10.1. The van der Waals surface area contributed by atoms with E-state index in [2.05, 4.69) is 22.7 Å². The predicted octanol–water partition coefficient (Wildman–Crippen LogP) is 3.55. The van der Waals surface area contributed by atoms with Crippen LogP contribution in [0.4, 0.5) is 5.69 Å². The van der Waals surface area contributed by atoms with Crippen molar-refractivity contribution in [2.24, 2.45) is 5.10 Å². The molecule has 1 fully saturated rings. The topological polar surface area (TPSA) is 61.8 Å². The number of benzene rings is 2. The molecule has 0 bridgehead atoms. The number of carbonyl (C=O) groups is 2. The van der Waals surface area contributed by atoms with Crippen molar-refractivity contribution in [1.29, 1.82) is 0 Å². The third kappa shape index (κ3) is 4.57. The monoisotopic (exact) mass is 349 g/mol. The predicted molar refractivity (Wildman–Crippen MR) is 103 cm³/mol. The molecule has 1 aliphatic rings. The van der Waals surface area contributed by atoms with Gasteiger partial charge in [0.05, 0.1) is 0 Å². The molecule has 134 valence electrons. The van der Waals surface area contributed by atoms with Crippen molar-refractivity contribution in [3.8, 4) is 0 Å². The molecule has 1 heterocycles. The number of hydrazone groups is 1. The van der Waals surface area contributed by atoms with Gasteiger partial charge in [-0.15, -0.1) is 0 Å². The Hall–Kier alpha value is -2.95. The average Bonchev–Trinajstić information content (AvgIpc) is 3.11. The van der Waals surface area contributed by atoms with Crippen LogP contribution in [-0.4, -0.2) is 24.1 Å². The fraction of sp³-hybridized carbons (Fsp3) is 0.286. The first kappa shape index (κ1) is 17.9. The van der Waals surface area contributed by atoms with Gasteiger partial charge in [0.15, 0.2) is 0 Å². The van der Waals surface area contributed by atoms with E-state index >= 15 is 0 Å². The number of carbonyl (C=O) groups excluding carboxylic acids is 2. The summed E-state index contributed by atoms with van der Waals surface area (Å²) in [6, 6.07) is 17.3. The van der Waals surface area contributed by atoms with Crippen molar-refractivity contribution in [3.05, 3.63) is 65.7 Å². The smallest absolute Gasteiger partial charge is 0.271 e. The molecule has 5 nitrogen and oxygen atoms in total. The van der Waals surface area contributed by atoms with Gasteiger partial charge in [0.25, 0.3) is 5.91 Å². The van der Waals surface area contributed by atoms with Gasteiger partial charge in [-0.3, -0.25) is 9.59 Å². The lowest BCUT2D eigenvalue weighted by molar-refractivity contribution is -0.117. The van der Waals surface area contributed by atoms with Crippen LogP contribution >= 0.6 is 0 Å². The van der Waals surface area contributed by atoms with E-state index < -0.39 is 0 Å². The highest BCUT2D eigenvalue weighted by Gasteiger charge is 2.22. The molecule has 26 heavy (non-hydrogen) atoms. The zero-order chi connectivity index (χ0) is 18.4. The van der Waals surface area contributed by atoms with Crippen molar-refractivity contribution in [2.45, 2.75) is 32.6 Å². The van der Waals surface area contributed by atoms with E-state index in [4.69, 9.17) is 0 Å². The van der Waals surface area contributed by atoms with E-state index in [0.717, 1.165) is 30.7 Å². The minimum Gasteiger partial charge on any atom is -0.312 e. The van der Waals surface area contributed by atoms with Crippen LogP contribution in [0.1, 0.15) is 42.1 Å². The van der Waals surface area contributed by atoms with E-state index in [1.807, 2.05) is 31.2 Å². The molecular weight excluding hydrogens is 326 g/mol. The summed E-state index contributed by atoms with van der Waals surface area (Å²) in [5, 5.41) is 4.19. The Morgan fingerprint density at radius 1 is 1.15 bits per heavy atom. The highest BCUT2D eigenvalue weighted by molar-refractivity contribution is 5.99. The summed E-state index contributed by atoms with van der Waals surface area (Å²) in [7, 11) is 0. The van der Waals surface area contributed by atoms with Crippen LogP contribution in [0, 0.1) is 0 Å². The van der Waals surface area contributed by atoms with E-state index in [1.54, 1.807) is 23.1 Å². The Labute approximate surface area is 153 Å². The first-order valence-corrected chi connectivity index (χ1v) is 8.91. The summed E-state index contributed by atoms with van der Waals surface area (Å²) in [5.74, 6) is -0.158. The highest BCUT2D eigenvalue weighted by atomic mass is 16.2. The van der Waals surface area contributed by atoms with Gasteiger partial charge < -0.3 is 4.90 Å². The van der Waals surface area contributed by atoms with Crippen molar-refractivity contribution in [1.82, 2.24) is 5.43 Å². The largest absolute Gasteiger partial charge is 0.312 e. The number of aryl methyl sites for hydroxylation is 1. The lowest BCUT2D eigenvalue weighted by Gasteiger charge is -2.16. The molecule has 0 aliphatic carbocycles. The molecule has 0 unspecified atom stereocenters. The van der Waals surface area contributed by atoms with Crippen LogP contribution in [-0.2, 0) is 11.2 Å². The molecule has 3 rings (SSSR count). The van der Waals surface area contributed by atoms with E-state index in [0.29, 0.717) is 18.5 Å². The molecule has 5 heteroatoms. The van der Waals surface area contributed by atoms with Crippen LogP contribution in [0.3, 0.4) is 0 Å². The maximum absolute atomic E-state index is 12.4. The second-order valence-electron chi connectivity index (χ2n) is 6.47. The molecule has 1 aliphatic heterocycles. The molecule has 0 spiro atoms. The Bertz CT molecular complexity index is 815. The molecule has 1 N–H and O–H groups in total. The Kier molecular flexibility index (Phi) is 5.79. The number of amides is 2. The summed E-state index contributed by atoms with van der Waals surface area (Å²) >= 11 is 0. The van der Waals surface area contributed by atoms with Gasteiger partial charge in [-0.05, 0) is 49.9 Å². The molecule has 2 aromatic carbocycles. The van der Waals surface area contributed by atoms with Crippen LogP contribution < -0.4 is 10.3 Å². The number of hydrogen-bond acceptors (Lipinski definition) is 3. The SMILES string of the molecule is CC(CCc1ccccc1)=NNC(=O)c1cccc(N2CCCC2=O)c1. The van der Waals surface area contributed by atoms with Gasteiger partial charge in [-0.1, -0.05) is 36.4 Å². The number of anilines is 1. The minimum atomic E-state index is -0.266. The lowest BCUT2D eigenvalue weighted by Crippen LogP contribution is -2.24. The number of hydrogen-bond donors (Lipinski definition) is 1. The van der Waals surface area contributed by atoms with E-state index in [9.17, 15) is 9.59 Å². The van der Waals surface area contributed by atoms with E-state index in [1.165, 1.54) is 5.56 Å². The van der Waals surface area contributed by atoms with Crippen LogP contribution in [0.25, 0.3) is 0 Å². The van der Waals surface area contributed by atoms with Crippen LogP contribution in [0.2, 0.25) is 0 Å². The molecule has 1 saturated heterocycles.